The summed E-state index contributed by atoms with van der Waals surface area (Å²) in [5, 5.41) is 8.53. The minimum atomic E-state index is -0.701. The van der Waals surface area contributed by atoms with Crippen molar-refractivity contribution < 1.29 is 14.6 Å². The Labute approximate surface area is 77.5 Å². The first-order chi connectivity index (χ1) is 6.25. The largest absolute Gasteiger partial charge is 0.481 e. The maximum absolute atomic E-state index is 10.4. The SMILES string of the molecule is O=C(O)CCN1C[C@H]2COC[C@H]2C1. The van der Waals surface area contributed by atoms with Gasteiger partial charge in [-0.15, -0.1) is 0 Å². The van der Waals surface area contributed by atoms with Gasteiger partial charge in [-0.25, -0.2) is 0 Å². The van der Waals surface area contributed by atoms with Crippen molar-refractivity contribution >= 4 is 5.97 Å². The molecule has 2 aliphatic rings. The number of likely N-dealkylation sites (tertiary alicyclic amines) is 1. The Balaban J connectivity index is 1.75. The molecule has 0 saturated carbocycles. The quantitative estimate of drug-likeness (QED) is 0.674. The number of aliphatic carboxylic acids is 1. The van der Waals surface area contributed by atoms with Gasteiger partial charge in [0.1, 0.15) is 0 Å². The van der Waals surface area contributed by atoms with Crippen molar-refractivity contribution in [2.75, 3.05) is 32.8 Å². The van der Waals surface area contributed by atoms with Crippen molar-refractivity contribution in [2.24, 2.45) is 11.8 Å². The van der Waals surface area contributed by atoms with E-state index >= 15 is 0 Å². The number of carboxylic acid groups (broad SMARTS) is 1. The van der Waals surface area contributed by atoms with Crippen LogP contribution in [-0.4, -0.2) is 48.8 Å². The lowest BCUT2D eigenvalue weighted by Gasteiger charge is -2.14. The molecule has 2 saturated heterocycles. The van der Waals surface area contributed by atoms with Crippen LogP contribution in [0.3, 0.4) is 0 Å². The van der Waals surface area contributed by atoms with E-state index in [1.165, 1.54) is 0 Å². The van der Waals surface area contributed by atoms with Gasteiger partial charge >= 0.3 is 5.97 Å². The second kappa shape index (κ2) is 3.64. The van der Waals surface area contributed by atoms with Crippen molar-refractivity contribution in [1.29, 1.82) is 0 Å². The van der Waals surface area contributed by atoms with E-state index in [-0.39, 0.29) is 6.42 Å². The molecule has 13 heavy (non-hydrogen) atoms. The lowest BCUT2D eigenvalue weighted by Crippen LogP contribution is -2.25. The molecule has 74 valence electrons. The summed E-state index contributed by atoms with van der Waals surface area (Å²) in [5.41, 5.74) is 0. The number of carbonyl (C=O) groups is 1. The Morgan fingerprint density at radius 2 is 2.00 bits per heavy atom. The van der Waals surface area contributed by atoms with Gasteiger partial charge in [0.2, 0.25) is 0 Å². The first-order valence-corrected chi connectivity index (χ1v) is 4.77. The highest BCUT2D eigenvalue weighted by Gasteiger charge is 2.36. The summed E-state index contributed by atoms with van der Waals surface area (Å²) in [6, 6.07) is 0. The summed E-state index contributed by atoms with van der Waals surface area (Å²) in [5.74, 6) is 0.621. The minimum absolute atomic E-state index is 0.264. The second-order valence-electron chi connectivity index (χ2n) is 3.96. The average molecular weight is 185 g/mol. The smallest absolute Gasteiger partial charge is 0.304 e. The van der Waals surface area contributed by atoms with E-state index in [4.69, 9.17) is 9.84 Å². The Morgan fingerprint density at radius 1 is 1.38 bits per heavy atom. The Kier molecular flexibility index (Phi) is 2.51. The highest BCUT2D eigenvalue weighted by Crippen LogP contribution is 2.28. The number of nitrogens with zero attached hydrogens (tertiary/aromatic N) is 1. The van der Waals surface area contributed by atoms with Crippen LogP contribution in [0, 0.1) is 11.8 Å². The van der Waals surface area contributed by atoms with E-state index in [9.17, 15) is 4.79 Å². The zero-order valence-corrected chi connectivity index (χ0v) is 7.61. The molecule has 2 rings (SSSR count). The van der Waals surface area contributed by atoms with Gasteiger partial charge in [0.05, 0.1) is 19.6 Å². The Morgan fingerprint density at radius 3 is 2.54 bits per heavy atom. The van der Waals surface area contributed by atoms with Crippen LogP contribution in [0.15, 0.2) is 0 Å². The number of carboxylic acids is 1. The van der Waals surface area contributed by atoms with Crippen LogP contribution in [0.1, 0.15) is 6.42 Å². The van der Waals surface area contributed by atoms with Gasteiger partial charge in [0.25, 0.3) is 0 Å². The van der Waals surface area contributed by atoms with Gasteiger partial charge in [-0.3, -0.25) is 4.79 Å². The molecule has 0 spiro atoms. The molecule has 0 unspecified atom stereocenters. The van der Waals surface area contributed by atoms with Crippen LogP contribution >= 0.6 is 0 Å². The maximum Gasteiger partial charge on any atom is 0.304 e. The van der Waals surface area contributed by atoms with Crippen molar-refractivity contribution in [2.45, 2.75) is 6.42 Å². The van der Waals surface area contributed by atoms with Gasteiger partial charge in [-0.1, -0.05) is 0 Å². The van der Waals surface area contributed by atoms with Crippen molar-refractivity contribution in [3.63, 3.8) is 0 Å². The van der Waals surface area contributed by atoms with E-state index in [0.29, 0.717) is 18.4 Å². The van der Waals surface area contributed by atoms with Crippen molar-refractivity contribution in [1.82, 2.24) is 4.90 Å². The van der Waals surface area contributed by atoms with Crippen LogP contribution in [-0.2, 0) is 9.53 Å². The van der Waals surface area contributed by atoms with Crippen molar-refractivity contribution in [3.8, 4) is 0 Å². The van der Waals surface area contributed by atoms with E-state index < -0.39 is 5.97 Å². The molecule has 1 N–H and O–H groups in total. The summed E-state index contributed by atoms with van der Waals surface area (Å²) in [6.45, 7) is 4.49. The molecule has 2 heterocycles. The normalized spacial score (nSPS) is 33.5. The number of hydrogen-bond acceptors (Lipinski definition) is 3. The zero-order valence-electron chi connectivity index (χ0n) is 7.61. The van der Waals surface area contributed by atoms with Crippen LogP contribution in [0.5, 0.6) is 0 Å². The van der Waals surface area contributed by atoms with Crippen LogP contribution in [0.2, 0.25) is 0 Å². The lowest BCUT2D eigenvalue weighted by molar-refractivity contribution is -0.137. The standard InChI is InChI=1S/C9H15NO3/c11-9(12)1-2-10-3-7-5-13-6-8(7)4-10/h7-8H,1-6H2,(H,11,12)/t7-,8+. The predicted octanol–water partition coefficient (Wildman–Crippen LogP) is 0.0393. The lowest BCUT2D eigenvalue weighted by atomic mass is 10.0. The molecule has 0 aromatic carbocycles. The van der Waals surface area contributed by atoms with Gasteiger partial charge in [0.15, 0.2) is 0 Å². The second-order valence-corrected chi connectivity index (χ2v) is 3.96. The molecule has 0 aliphatic carbocycles. The molecule has 2 fully saturated rings. The summed E-state index contributed by atoms with van der Waals surface area (Å²) in [6.07, 6.45) is 0.264. The molecular weight excluding hydrogens is 170 g/mol. The highest BCUT2D eigenvalue weighted by molar-refractivity contribution is 5.66. The fraction of sp³-hybridized carbons (Fsp3) is 0.889. The van der Waals surface area contributed by atoms with Crippen LogP contribution in [0.25, 0.3) is 0 Å². The summed E-state index contributed by atoms with van der Waals surface area (Å²) >= 11 is 0. The molecule has 2 atom stereocenters. The summed E-state index contributed by atoms with van der Waals surface area (Å²) < 4.78 is 5.34. The van der Waals surface area contributed by atoms with E-state index in [0.717, 1.165) is 26.3 Å². The third-order valence-corrected chi connectivity index (χ3v) is 2.96. The summed E-state index contributed by atoms with van der Waals surface area (Å²) in [4.78, 5) is 12.6. The molecule has 0 aromatic heterocycles. The number of hydrogen-bond donors (Lipinski definition) is 1. The van der Waals surface area contributed by atoms with E-state index in [2.05, 4.69) is 4.90 Å². The fourth-order valence-electron chi connectivity index (χ4n) is 2.22. The Bertz CT molecular complexity index is 195. The summed E-state index contributed by atoms with van der Waals surface area (Å²) in [7, 11) is 0. The van der Waals surface area contributed by atoms with Gasteiger partial charge in [0, 0.05) is 31.5 Å². The molecule has 0 bridgehead atoms. The van der Waals surface area contributed by atoms with Gasteiger partial charge in [-0.05, 0) is 0 Å². The zero-order chi connectivity index (χ0) is 9.26. The van der Waals surface area contributed by atoms with E-state index in [1.54, 1.807) is 0 Å². The van der Waals surface area contributed by atoms with Gasteiger partial charge < -0.3 is 14.7 Å². The molecule has 4 heteroatoms. The molecule has 0 aromatic rings. The number of rotatable bonds is 3. The molecule has 0 amide bonds. The minimum Gasteiger partial charge on any atom is -0.481 e. The van der Waals surface area contributed by atoms with Crippen LogP contribution in [0.4, 0.5) is 0 Å². The average Bonchev–Trinajstić information content (AvgIpc) is 2.58. The van der Waals surface area contributed by atoms with Crippen molar-refractivity contribution in [3.05, 3.63) is 0 Å². The Hall–Kier alpha value is -0.610. The maximum atomic E-state index is 10.4. The first kappa shape index (κ1) is 8.97. The molecule has 2 aliphatic heterocycles. The first-order valence-electron chi connectivity index (χ1n) is 4.77. The fourth-order valence-corrected chi connectivity index (χ4v) is 2.22. The van der Waals surface area contributed by atoms with Gasteiger partial charge in [-0.2, -0.15) is 0 Å². The van der Waals surface area contributed by atoms with Crippen LogP contribution < -0.4 is 0 Å². The van der Waals surface area contributed by atoms with E-state index in [1.807, 2.05) is 0 Å². The third-order valence-electron chi connectivity index (χ3n) is 2.96. The highest BCUT2D eigenvalue weighted by atomic mass is 16.5. The third kappa shape index (κ3) is 2.00. The number of ether oxygens (including phenoxy) is 1. The predicted molar refractivity (Wildman–Crippen MR) is 46.5 cm³/mol. The molecule has 0 radical (unpaired) electrons. The topological polar surface area (TPSA) is 49.8 Å². The monoisotopic (exact) mass is 185 g/mol. The molecular formula is C9H15NO3. The number of fused-ring (bicyclic) bond motifs is 1. The molecule has 4 nitrogen and oxygen atoms in total.